The number of benzene rings is 1. The Morgan fingerprint density at radius 1 is 1.18 bits per heavy atom. The van der Waals surface area contributed by atoms with Gasteiger partial charge in [0.15, 0.2) is 11.5 Å². The molecule has 1 aliphatic heterocycles. The number of hydrogen-bond donors (Lipinski definition) is 1. The zero-order chi connectivity index (χ0) is 12.3. The first-order chi connectivity index (χ1) is 8.16. The summed E-state index contributed by atoms with van der Waals surface area (Å²) in [5.74, 6) is 1.63. The minimum atomic E-state index is -0.323. The fraction of sp³-hybridized carbons (Fsp3) is 0.538. The molecule has 0 fully saturated rings. The van der Waals surface area contributed by atoms with Crippen molar-refractivity contribution < 1.29 is 14.6 Å². The third-order valence-corrected chi connectivity index (χ3v) is 4.01. The van der Waals surface area contributed by atoms with E-state index in [0.717, 1.165) is 22.8 Å². The van der Waals surface area contributed by atoms with Crippen LogP contribution in [0.5, 0.6) is 11.5 Å². The maximum Gasteiger partial charge on any atom is 0.162 e. The summed E-state index contributed by atoms with van der Waals surface area (Å²) in [4.78, 5) is 1.10. The van der Waals surface area contributed by atoms with E-state index in [-0.39, 0.29) is 11.4 Å². The number of fused-ring (bicyclic) bond motifs is 1. The summed E-state index contributed by atoms with van der Waals surface area (Å²) in [5, 5.41) is 9.66. The highest BCUT2D eigenvalue weighted by molar-refractivity contribution is 8.00. The van der Waals surface area contributed by atoms with Gasteiger partial charge in [0.2, 0.25) is 0 Å². The number of aliphatic hydroxyl groups is 1. The molecule has 0 radical (unpaired) electrons. The van der Waals surface area contributed by atoms with Gasteiger partial charge in [-0.25, -0.2) is 0 Å². The molecule has 0 spiro atoms. The molecular weight excluding hydrogens is 236 g/mol. The van der Waals surface area contributed by atoms with Crippen molar-refractivity contribution in [2.24, 2.45) is 0 Å². The SMILES string of the molecule is CC(O)C(C)Sc1ccc2c(c1)OCCCO2. The number of ether oxygens (including phenoxy) is 2. The fourth-order valence-corrected chi connectivity index (χ4v) is 2.48. The second kappa shape index (κ2) is 5.65. The third-order valence-electron chi connectivity index (χ3n) is 2.72. The molecule has 17 heavy (non-hydrogen) atoms. The Bertz CT molecular complexity index is 379. The van der Waals surface area contributed by atoms with Gasteiger partial charge in [0.25, 0.3) is 0 Å². The van der Waals surface area contributed by atoms with Crippen LogP contribution < -0.4 is 9.47 Å². The predicted molar refractivity (Wildman–Crippen MR) is 69.0 cm³/mol. The Labute approximate surface area is 106 Å². The standard InChI is InChI=1S/C13H18O3S/c1-9(14)10(2)17-11-4-5-12-13(8-11)16-7-3-6-15-12/h4-5,8-10,14H,3,6-7H2,1-2H3. The van der Waals surface area contributed by atoms with E-state index >= 15 is 0 Å². The number of rotatable bonds is 3. The first-order valence-corrected chi connectivity index (χ1v) is 6.79. The lowest BCUT2D eigenvalue weighted by molar-refractivity contribution is 0.196. The van der Waals surface area contributed by atoms with Crippen molar-refractivity contribution in [2.75, 3.05) is 13.2 Å². The summed E-state index contributed by atoms with van der Waals surface area (Å²) in [6.45, 7) is 5.23. The lowest BCUT2D eigenvalue weighted by Crippen LogP contribution is -2.14. The largest absolute Gasteiger partial charge is 0.490 e. The molecule has 1 N–H and O–H groups in total. The van der Waals surface area contributed by atoms with Gasteiger partial charge in [0, 0.05) is 16.6 Å². The van der Waals surface area contributed by atoms with Crippen LogP contribution in [-0.4, -0.2) is 29.7 Å². The van der Waals surface area contributed by atoms with Gasteiger partial charge in [0.1, 0.15) is 0 Å². The summed E-state index contributed by atoms with van der Waals surface area (Å²) in [6, 6.07) is 5.94. The molecule has 3 nitrogen and oxygen atoms in total. The summed E-state index contributed by atoms with van der Waals surface area (Å²) < 4.78 is 11.2. The predicted octanol–water partition coefficient (Wildman–Crippen LogP) is 2.71. The minimum absolute atomic E-state index is 0.166. The van der Waals surface area contributed by atoms with E-state index in [4.69, 9.17) is 9.47 Å². The van der Waals surface area contributed by atoms with Crippen molar-refractivity contribution in [2.45, 2.75) is 36.5 Å². The van der Waals surface area contributed by atoms with E-state index < -0.39 is 0 Å². The second-order valence-electron chi connectivity index (χ2n) is 4.22. The van der Waals surface area contributed by atoms with E-state index in [1.165, 1.54) is 0 Å². The lowest BCUT2D eigenvalue weighted by Gasteiger charge is -2.15. The monoisotopic (exact) mass is 254 g/mol. The Kier molecular flexibility index (Phi) is 4.18. The fourth-order valence-electron chi connectivity index (χ4n) is 1.53. The summed E-state index contributed by atoms with van der Waals surface area (Å²) in [5.41, 5.74) is 0. The number of thioether (sulfide) groups is 1. The van der Waals surface area contributed by atoms with E-state index in [0.29, 0.717) is 13.2 Å². The minimum Gasteiger partial charge on any atom is -0.490 e. The van der Waals surface area contributed by atoms with Gasteiger partial charge >= 0.3 is 0 Å². The highest BCUT2D eigenvalue weighted by Gasteiger charge is 2.14. The molecule has 4 heteroatoms. The van der Waals surface area contributed by atoms with Gasteiger partial charge in [-0.3, -0.25) is 0 Å². The van der Waals surface area contributed by atoms with Crippen LogP contribution >= 0.6 is 11.8 Å². The van der Waals surface area contributed by atoms with Crippen molar-refractivity contribution in [3.8, 4) is 11.5 Å². The molecule has 1 aromatic rings. The van der Waals surface area contributed by atoms with Gasteiger partial charge < -0.3 is 14.6 Å². The van der Waals surface area contributed by atoms with Crippen LogP contribution in [0.15, 0.2) is 23.1 Å². The topological polar surface area (TPSA) is 38.7 Å². The van der Waals surface area contributed by atoms with E-state index in [1.807, 2.05) is 25.1 Å². The quantitative estimate of drug-likeness (QED) is 0.842. The Balaban J connectivity index is 2.12. The van der Waals surface area contributed by atoms with Crippen LogP contribution in [0.2, 0.25) is 0 Å². The molecule has 1 aliphatic rings. The Morgan fingerprint density at radius 2 is 1.88 bits per heavy atom. The first kappa shape index (κ1) is 12.6. The van der Waals surface area contributed by atoms with Crippen LogP contribution in [-0.2, 0) is 0 Å². The molecule has 0 amide bonds. The molecule has 2 rings (SSSR count). The molecule has 1 heterocycles. The zero-order valence-electron chi connectivity index (χ0n) is 10.2. The highest BCUT2D eigenvalue weighted by atomic mass is 32.2. The Morgan fingerprint density at radius 3 is 2.59 bits per heavy atom. The van der Waals surface area contributed by atoms with Crippen molar-refractivity contribution in [1.29, 1.82) is 0 Å². The molecule has 0 saturated heterocycles. The molecule has 0 aliphatic carbocycles. The molecule has 94 valence electrons. The Hall–Kier alpha value is -0.870. The third kappa shape index (κ3) is 3.30. The summed E-state index contributed by atoms with van der Waals surface area (Å²) in [6.07, 6.45) is 0.595. The maximum absolute atomic E-state index is 9.49. The van der Waals surface area contributed by atoms with Crippen LogP contribution in [0.1, 0.15) is 20.3 Å². The van der Waals surface area contributed by atoms with Crippen LogP contribution in [0.3, 0.4) is 0 Å². The van der Waals surface area contributed by atoms with Gasteiger partial charge in [-0.05, 0) is 25.1 Å². The molecule has 0 aromatic heterocycles. The molecular formula is C13H18O3S. The van der Waals surface area contributed by atoms with Crippen LogP contribution in [0, 0.1) is 0 Å². The summed E-state index contributed by atoms with van der Waals surface area (Å²) >= 11 is 1.65. The van der Waals surface area contributed by atoms with E-state index in [2.05, 4.69) is 0 Å². The van der Waals surface area contributed by atoms with Crippen LogP contribution in [0.4, 0.5) is 0 Å². The van der Waals surface area contributed by atoms with E-state index in [1.54, 1.807) is 18.7 Å². The van der Waals surface area contributed by atoms with Crippen LogP contribution in [0.25, 0.3) is 0 Å². The normalized spacial score (nSPS) is 18.3. The maximum atomic E-state index is 9.49. The van der Waals surface area contributed by atoms with Gasteiger partial charge in [-0.15, -0.1) is 11.8 Å². The van der Waals surface area contributed by atoms with Crippen molar-refractivity contribution in [1.82, 2.24) is 0 Å². The number of aliphatic hydroxyl groups excluding tert-OH is 1. The number of hydrogen-bond acceptors (Lipinski definition) is 4. The second-order valence-corrected chi connectivity index (χ2v) is 5.67. The molecule has 0 saturated carbocycles. The lowest BCUT2D eigenvalue weighted by atomic mass is 10.3. The molecule has 2 atom stereocenters. The van der Waals surface area contributed by atoms with Gasteiger partial charge in [0.05, 0.1) is 19.3 Å². The van der Waals surface area contributed by atoms with Gasteiger partial charge in [-0.1, -0.05) is 6.92 Å². The molecule has 0 bridgehead atoms. The summed E-state index contributed by atoms with van der Waals surface area (Å²) in [7, 11) is 0. The first-order valence-electron chi connectivity index (χ1n) is 5.91. The average Bonchev–Trinajstić information content (AvgIpc) is 2.53. The highest BCUT2D eigenvalue weighted by Crippen LogP contribution is 2.35. The van der Waals surface area contributed by atoms with Crippen molar-refractivity contribution in [3.05, 3.63) is 18.2 Å². The zero-order valence-corrected chi connectivity index (χ0v) is 11.0. The molecule has 2 unspecified atom stereocenters. The van der Waals surface area contributed by atoms with Crippen molar-refractivity contribution in [3.63, 3.8) is 0 Å². The van der Waals surface area contributed by atoms with Gasteiger partial charge in [-0.2, -0.15) is 0 Å². The average molecular weight is 254 g/mol. The van der Waals surface area contributed by atoms with E-state index in [9.17, 15) is 5.11 Å². The smallest absolute Gasteiger partial charge is 0.162 e. The van der Waals surface area contributed by atoms with Crippen molar-refractivity contribution >= 4 is 11.8 Å². The molecule has 1 aromatic carbocycles.